The van der Waals surface area contributed by atoms with Gasteiger partial charge in [0.2, 0.25) is 0 Å². The number of rotatable bonds is 7. The Morgan fingerprint density at radius 2 is 1.60 bits per heavy atom. The second kappa shape index (κ2) is 9.68. The van der Waals surface area contributed by atoms with Crippen LogP contribution in [0.15, 0.2) is 53.0 Å². The SMILES string of the molecule is CCc1ccc(OCC(=O)NNC(=O)COc2ccccc2)c(Br)c1. The number of ether oxygens (including phenoxy) is 2. The van der Waals surface area contributed by atoms with Gasteiger partial charge in [0.05, 0.1) is 4.47 Å². The number of benzene rings is 2. The molecule has 0 aliphatic carbocycles. The highest BCUT2D eigenvalue weighted by atomic mass is 79.9. The van der Waals surface area contributed by atoms with Crippen LogP contribution in [-0.4, -0.2) is 25.0 Å². The molecule has 25 heavy (non-hydrogen) atoms. The number of para-hydroxylation sites is 1. The Bertz CT molecular complexity index is 722. The van der Waals surface area contributed by atoms with Crippen molar-refractivity contribution in [2.45, 2.75) is 13.3 Å². The van der Waals surface area contributed by atoms with E-state index in [-0.39, 0.29) is 13.2 Å². The number of amides is 2. The molecular weight excluding hydrogens is 388 g/mol. The maximum absolute atomic E-state index is 11.7. The van der Waals surface area contributed by atoms with E-state index in [4.69, 9.17) is 9.47 Å². The Hall–Kier alpha value is -2.54. The first-order chi connectivity index (χ1) is 12.1. The fourth-order valence-corrected chi connectivity index (χ4v) is 2.44. The second-order valence-corrected chi connectivity index (χ2v) is 5.96. The predicted molar refractivity (Wildman–Crippen MR) is 97.2 cm³/mol. The van der Waals surface area contributed by atoms with Gasteiger partial charge in [-0.1, -0.05) is 31.2 Å². The lowest BCUT2D eigenvalue weighted by Crippen LogP contribution is -2.45. The van der Waals surface area contributed by atoms with Crippen molar-refractivity contribution >= 4 is 27.7 Å². The predicted octanol–water partition coefficient (Wildman–Crippen LogP) is 2.62. The third kappa shape index (κ3) is 6.46. The van der Waals surface area contributed by atoms with Gasteiger partial charge >= 0.3 is 0 Å². The lowest BCUT2D eigenvalue weighted by atomic mass is 10.2. The van der Waals surface area contributed by atoms with E-state index >= 15 is 0 Å². The largest absolute Gasteiger partial charge is 0.484 e. The van der Waals surface area contributed by atoms with Crippen LogP contribution in [0.2, 0.25) is 0 Å². The minimum absolute atomic E-state index is 0.199. The molecule has 7 heteroatoms. The van der Waals surface area contributed by atoms with E-state index in [1.165, 1.54) is 0 Å². The van der Waals surface area contributed by atoms with Gasteiger partial charge in [0.1, 0.15) is 11.5 Å². The number of carbonyl (C=O) groups excluding carboxylic acids is 2. The van der Waals surface area contributed by atoms with Gasteiger partial charge in [0, 0.05) is 0 Å². The van der Waals surface area contributed by atoms with E-state index in [9.17, 15) is 9.59 Å². The van der Waals surface area contributed by atoms with E-state index in [0.29, 0.717) is 11.5 Å². The highest BCUT2D eigenvalue weighted by molar-refractivity contribution is 9.10. The summed E-state index contributed by atoms with van der Waals surface area (Å²) < 4.78 is 11.5. The normalized spacial score (nSPS) is 10.0. The lowest BCUT2D eigenvalue weighted by Gasteiger charge is -2.11. The summed E-state index contributed by atoms with van der Waals surface area (Å²) in [6.45, 7) is 1.64. The molecule has 0 aromatic heterocycles. The monoisotopic (exact) mass is 406 g/mol. The van der Waals surface area contributed by atoms with Crippen LogP contribution in [0.4, 0.5) is 0 Å². The van der Waals surface area contributed by atoms with Gasteiger partial charge in [-0.3, -0.25) is 20.4 Å². The molecule has 2 aromatic rings. The minimum Gasteiger partial charge on any atom is -0.484 e. The molecular formula is C18H19BrN2O4. The van der Waals surface area contributed by atoms with Crippen LogP contribution < -0.4 is 20.3 Å². The number of nitrogens with one attached hydrogen (secondary N) is 2. The summed E-state index contributed by atoms with van der Waals surface area (Å²) in [6.07, 6.45) is 0.913. The highest BCUT2D eigenvalue weighted by Gasteiger charge is 2.08. The Balaban J connectivity index is 1.69. The molecule has 0 fully saturated rings. The van der Waals surface area contributed by atoms with Crippen LogP contribution >= 0.6 is 15.9 Å². The molecule has 2 amide bonds. The molecule has 6 nitrogen and oxygen atoms in total. The first kappa shape index (κ1) is 18.8. The molecule has 0 atom stereocenters. The summed E-state index contributed by atoms with van der Waals surface area (Å²) in [4.78, 5) is 23.3. The maximum Gasteiger partial charge on any atom is 0.276 e. The van der Waals surface area contributed by atoms with Crippen molar-refractivity contribution in [3.05, 3.63) is 58.6 Å². The summed E-state index contributed by atoms with van der Waals surface area (Å²) in [6, 6.07) is 14.6. The van der Waals surface area contributed by atoms with E-state index < -0.39 is 11.8 Å². The van der Waals surface area contributed by atoms with Crippen LogP contribution in [0.25, 0.3) is 0 Å². The van der Waals surface area contributed by atoms with Crippen molar-refractivity contribution in [3.8, 4) is 11.5 Å². The summed E-state index contributed by atoms with van der Waals surface area (Å²) in [5.41, 5.74) is 5.70. The zero-order chi connectivity index (χ0) is 18.1. The fraction of sp³-hybridized carbons (Fsp3) is 0.222. The summed E-state index contributed by atoms with van der Waals surface area (Å²) in [5.74, 6) is 0.198. The van der Waals surface area contributed by atoms with Crippen LogP contribution in [0.5, 0.6) is 11.5 Å². The van der Waals surface area contributed by atoms with E-state index in [2.05, 4.69) is 33.7 Å². The molecule has 0 aliphatic rings. The summed E-state index contributed by atoms with van der Waals surface area (Å²) in [5, 5.41) is 0. The van der Waals surface area contributed by atoms with E-state index in [1.54, 1.807) is 30.3 Å². The number of halogens is 1. The standard InChI is InChI=1S/C18H19BrN2O4/c1-2-13-8-9-16(15(19)10-13)25-12-18(23)21-20-17(22)11-24-14-6-4-3-5-7-14/h3-10H,2,11-12H2,1H3,(H,20,22)(H,21,23). The topological polar surface area (TPSA) is 76.7 Å². The molecule has 132 valence electrons. The Kier molecular flexibility index (Phi) is 7.28. The molecule has 2 N–H and O–H groups in total. The molecule has 0 unspecified atom stereocenters. The van der Waals surface area contributed by atoms with Gasteiger partial charge < -0.3 is 9.47 Å². The molecule has 0 spiro atoms. The maximum atomic E-state index is 11.7. The molecule has 0 saturated heterocycles. The second-order valence-electron chi connectivity index (χ2n) is 5.11. The van der Waals surface area contributed by atoms with Crippen molar-refractivity contribution in [1.82, 2.24) is 10.9 Å². The molecule has 0 saturated carbocycles. The fourth-order valence-electron chi connectivity index (χ4n) is 1.90. The smallest absolute Gasteiger partial charge is 0.276 e. The van der Waals surface area contributed by atoms with Gasteiger partial charge in [-0.15, -0.1) is 0 Å². The molecule has 0 bridgehead atoms. The Morgan fingerprint density at radius 1 is 0.960 bits per heavy atom. The third-order valence-electron chi connectivity index (χ3n) is 3.22. The minimum atomic E-state index is -0.473. The van der Waals surface area contributed by atoms with Gasteiger partial charge in [-0.05, 0) is 52.2 Å². The molecule has 0 heterocycles. The Morgan fingerprint density at radius 3 is 2.20 bits per heavy atom. The van der Waals surface area contributed by atoms with Crippen molar-refractivity contribution in [2.75, 3.05) is 13.2 Å². The van der Waals surface area contributed by atoms with Gasteiger partial charge in [-0.25, -0.2) is 0 Å². The summed E-state index contributed by atoms with van der Waals surface area (Å²) in [7, 11) is 0. The molecule has 0 aliphatic heterocycles. The van der Waals surface area contributed by atoms with Crippen molar-refractivity contribution in [3.63, 3.8) is 0 Å². The van der Waals surface area contributed by atoms with Gasteiger partial charge in [0.15, 0.2) is 13.2 Å². The van der Waals surface area contributed by atoms with Gasteiger partial charge in [0.25, 0.3) is 11.8 Å². The molecule has 0 radical (unpaired) electrons. The first-order valence-electron chi connectivity index (χ1n) is 7.75. The summed E-state index contributed by atoms with van der Waals surface area (Å²) >= 11 is 3.40. The Labute approximate surface area is 154 Å². The van der Waals surface area contributed by atoms with Gasteiger partial charge in [-0.2, -0.15) is 0 Å². The zero-order valence-electron chi connectivity index (χ0n) is 13.8. The number of hydrazine groups is 1. The average Bonchev–Trinajstić information content (AvgIpc) is 2.64. The molecule has 2 rings (SSSR count). The first-order valence-corrected chi connectivity index (χ1v) is 8.54. The number of carbonyl (C=O) groups is 2. The van der Waals surface area contributed by atoms with Crippen LogP contribution in [0.1, 0.15) is 12.5 Å². The number of hydrogen-bond donors (Lipinski definition) is 2. The zero-order valence-corrected chi connectivity index (χ0v) is 15.3. The third-order valence-corrected chi connectivity index (χ3v) is 3.84. The average molecular weight is 407 g/mol. The van der Waals surface area contributed by atoms with E-state index in [0.717, 1.165) is 16.5 Å². The molecule has 2 aromatic carbocycles. The van der Waals surface area contributed by atoms with E-state index in [1.807, 2.05) is 18.2 Å². The van der Waals surface area contributed by atoms with Crippen LogP contribution in [0, 0.1) is 0 Å². The van der Waals surface area contributed by atoms with Crippen molar-refractivity contribution in [1.29, 1.82) is 0 Å². The highest BCUT2D eigenvalue weighted by Crippen LogP contribution is 2.26. The van der Waals surface area contributed by atoms with Crippen molar-refractivity contribution < 1.29 is 19.1 Å². The lowest BCUT2D eigenvalue weighted by molar-refractivity contribution is -0.131. The number of aryl methyl sites for hydroxylation is 1. The van der Waals surface area contributed by atoms with Crippen molar-refractivity contribution in [2.24, 2.45) is 0 Å². The van der Waals surface area contributed by atoms with Crippen LogP contribution in [-0.2, 0) is 16.0 Å². The quantitative estimate of drug-likeness (QED) is 0.692. The van der Waals surface area contributed by atoms with Crippen LogP contribution in [0.3, 0.4) is 0 Å². The number of hydrogen-bond acceptors (Lipinski definition) is 4.